The number of amides is 1. The molecule has 8 nitrogen and oxygen atoms in total. The van der Waals surface area contributed by atoms with Gasteiger partial charge in [0.25, 0.3) is 11.7 Å². The molecule has 3 aromatic rings. The molecule has 192 valence electrons. The van der Waals surface area contributed by atoms with Crippen LogP contribution in [0.2, 0.25) is 0 Å². The van der Waals surface area contributed by atoms with E-state index >= 15 is 0 Å². The Morgan fingerprint density at radius 3 is 2.16 bits per heavy atom. The van der Waals surface area contributed by atoms with Gasteiger partial charge in [-0.3, -0.25) is 14.5 Å². The first kappa shape index (κ1) is 25.6. The third kappa shape index (κ3) is 4.95. The Hall–Kier alpha value is -4.46. The van der Waals surface area contributed by atoms with Crippen molar-refractivity contribution < 1.29 is 33.6 Å². The Kier molecular flexibility index (Phi) is 7.38. The van der Waals surface area contributed by atoms with Gasteiger partial charge in [-0.15, -0.1) is 0 Å². The minimum Gasteiger partial charge on any atom is -0.507 e. The van der Waals surface area contributed by atoms with Crippen LogP contribution in [-0.2, 0) is 9.59 Å². The van der Waals surface area contributed by atoms with Crippen molar-refractivity contribution in [3.05, 3.63) is 83.4 Å². The highest BCUT2D eigenvalue weighted by molar-refractivity contribution is 6.51. The van der Waals surface area contributed by atoms with Gasteiger partial charge in [-0.25, -0.2) is 0 Å². The SMILES string of the molecule is COc1cccc(C2/C(=C(/O)c3ccc(OC)c(OC)c3)C(=O)C(=O)N2c2ccc(OC(C)C)cc2)c1. The molecule has 1 unspecified atom stereocenters. The molecule has 0 aliphatic carbocycles. The summed E-state index contributed by atoms with van der Waals surface area (Å²) in [5.74, 6) is 0.143. The zero-order valence-electron chi connectivity index (χ0n) is 21.3. The van der Waals surface area contributed by atoms with Crippen molar-refractivity contribution in [3.8, 4) is 23.0 Å². The molecule has 3 aromatic carbocycles. The van der Waals surface area contributed by atoms with Crippen molar-refractivity contribution in [2.24, 2.45) is 0 Å². The lowest BCUT2D eigenvalue weighted by Crippen LogP contribution is -2.29. The molecule has 1 amide bonds. The number of carbonyl (C=O) groups excluding carboxylic acids is 2. The van der Waals surface area contributed by atoms with E-state index in [0.717, 1.165) is 0 Å². The molecule has 0 bridgehead atoms. The molecule has 1 atom stereocenters. The smallest absolute Gasteiger partial charge is 0.300 e. The summed E-state index contributed by atoms with van der Waals surface area (Å²) < 4.78 is 21.7. The maximum Gasteiger partial charge on any atom is 0.300 e. The molecular formula is C29H29NO7. The summed E-state index contributed by atoms with van der Waals surface area (Å²) in [6.45, 7) is 3.84. The summed E-state index contributed by atoms with van der Waals surface area (Å²) >= 11 is 0. The van der Waals surface area contributed by atoms with Gasteiger partial charge in [-0.1, -0.05) is 12.1 Å². The summed E-state index contributed by atoms with van der Waals surface area (Å²) in [5, 5.41) is 11.4. The number of carbonyl (C=O) groups is 2. The predicted molar refractivity (Wildman–Crippen MR) is 140 cm³/mol. The highest BCUT2D eigenvalue weighted by Gasteiger charge is 2.47. The van der Waals surface area contributed by atoms with E-state index in [4.69, 9.17) is 18.9 Å². The van der Waals surface area contributed by atoms with E-state index in [1.165, 1.54) is 26.2 Å². The average molecular weight is 504 g/mol. The minimum atomic E-state index is -0.903. The van der Waals surface area contributed by atoms with E-state index in [0.29, 0.717) is 39.8 Å². The number of hydrogen-bond acceptors (Lipinski definition) is 7. The van der Waals surface area contributed by atoms with Gasteiger partial charge in [0.05, 0.1) is 39.0 Å². The zero-order valence-corrected chi connectivity index (χ0v) is 21.3. The molecule has 1 heterocycles. The molecule has 1 aliphatic rings. The number of benzene rings is 3. The van der Waals surface area contributed by atoms with Crippen molar-refractivity contribution in [1.82, 2.24) is 0 Å². The molecular weight excluding hydrogens is 474 g/mol. The van der Waals surface area contributed by atoms with Crippen molar-refractivity contribution in [2.45, 2.75) is 26.0 Å². The van der Waals surface area contributed by atoms with Crippen LogP contribution in [0.4, 0.5) is 5.69 Å². The van der Waals surface area contributed by atoms with Crippen LogP contribution in [0, 0.1) is 0 Å². The van der Waals surface area contributed by atoms with Crippen molar-refractivity contribution in [3.63, 3.8) is 0 Å². The van der Waals surface area contributed by atoms with Crippen LogP contribution in [0.3, 0.4) is 0 Å². The molecule has 1 saturated heterocycles. The van der Waals surface area contributed by atoms with Gasteiger partial charge in [0.2, 0.25) is 0 Å². The minimum absolute atomic E-state index is 0.0154. The van der Waals surface area contributed by atoms with E-state index in [1.807, 2.05) is 13.8 Å². The summed E-state index contributed by atoms with van der Waals surface area (Å²) in [7, 11) is 4.51. The number of methoxy groups -OCH3 is 3. The molecule has 37 heavy (non-hydrogen) atoms. The van der Waals surface area contributed by atoms with E-state index in [9.17, 15) is 14.7 Å². The highest BCUT2D eigenvalue weighted by Crippen LogP contribution is 2.43. The third-order valence-electron chi connectivity index (χ3n) is 6.00. The Morgan fingerprint density at radius 1 is 0.838 bits per heavy atom. The molecule has 4 rings (SSSR count). The van der Waals surface area contributed by atoms with Crippen LogP contribution in [-0.4, -0.2) is 44.2 Å². The van der Waals surface area contributed by atoms with Gasteiger partial charge < -0.3 is 24.1 Å². The normalized spacial score (nSPS) is 16.7. The quantitative estimate of drug-likeness (QED) is 0.259. The summed E-state index contributed by atoms with van der Waals surface area (Å²) in [4.78, 5) is 28.2. The fraction of sp³-hybridized carbons (Fsp3) is 0.241. The van der Waals surface area contributed by atoms with E-state index in [2.05, 4.69) is 0 Å². The third-order valence-corrected chi connectivity index (χ3v) is 6.00. The van der Waals surface area contributed by atoms with Gasteiger partial charge in [-0.05, 0) is 74.0 Å². The van der Waals surface area contributed by atoms with Gasteiger partial charge in [0.1, 0.15) is 17.3 Å². The van der Waals surface area contributed by atoms with Gasteiger partial charge in [0, 0.05) is 11.3 Å². The van der Waals surface area contributed by atoms with Gasteiger partial charge in [0.15, 0.2) is 11.5 Å². The van der Waals surface area contributed by atoms with Crippen LogP contribution in [0.5, 0.6) is 23.0 Å². The largest absolute Gasteiger partial charge is 0.507 e. The number of aliphatic hydroxyl groups excluding tert-OH is 1. The second kappa shape index (κ2) is 10.7. The summed E-state index contributed by atoms with van der Waals surface area (Å²) in [6.07, 6.45) is -0.0154. The second-order valence-electron chi connectivity index (χ2n) is 8.68. The number of rotatable bonds is 8. The number of ether oxygens (including phenoxy) is 4. The molecule has 0 radical (unpaired) electrons. The summed E-state index contributed by atoms with van der Waals surface area (Å²) in [5.41, 5.74) is 1.35. The fourth-order valence-corrected chi connectivity index (χ4v) is 4.32. The van der Waals surface area contributed by atoms with Gasteiger partial charge >= 0.3 is 0 Å². The van der Waals surface area contributed by atoms with Crippen LogP contribution in [0.1, 0.15) is 31.0 Å². The Bertz CT molecular complexity index is 1340. The second-order valence-corrected chi connectivity index (χ2v) is 8.68. The fourth-order valence-electron chi connectivity index (χ4n) is 4.32. The van der Waals surface area contributed by atoms with E-state index in [-0.39, 0.29) is 17.4 Å². The number of anilines is 1. The molecule has 0 saturated carbocycles. The molecule has 0 spiro atoms. The highest BCUT2D eigenvalue weighted by atomic mass is 16.5. The maximum atomic E-state index is 13.4. The lowest BCUT2D eigenvalue weighted by Gasteiger charge is -2.26. The number of hydrogen-bond donors (Lipinski definition) is 1. The number of aliphatic hydroxyl groups is 1. The van der Waals surface area contributed by atoms with Crippen LogP contribution >= 0.6 is 0 Å². The predicted octanol–water partition coefficient (Wildman–Crippen LogP) is 5.13. The Morgan fingerprint density at radius 2 is 1.54 bits per heavy atom. The number of Topliss-reactive ketones (excluding diaryl/α,β-unsaturated/α-hetero) is 1. The first-order chi connectivity index (χ1) is 17.8. The maximum absolute atomic E-state index is 13.4. The van der Waals surface area contributed by atoms with Crippen LogP contribution in [0.25, 0.3) is 5.76 Å². The molecule has 8 heteroatoms. The van der Waals surface area contributed by atoms with Crippen molar-refractivity contribution in [1.29, 1.82) is 0 Å². The van der Waals surface area contributed by atoms with Crippen molar-refractivity contribution in [2.75, 3.05) is 26.2 Å². The monoisotopic (exact) mass is 503 g/mol. The molecule has 1 fully saturated rings. The van der Waals surface area contributed by atoms with Crippen LogP contribution in [0.15, 0.2) is 72.3 Å². The Labute approximate surface area is 215 Å². The molecule has 1 aliphatic heterocycles. The number of ketones is 1. The lowest BCUT2D eigenvalue weighted by molar-refractivity contribution is -0.132. The molecule has 1 N–H and O–H groups in total. The van der Waals surface area contributed by atoms with Crippen LogP contribution < -0.4 is 23.8 Å². The first-order valence-corrected chi connectivity index (χ1v) is 11.7. The standard InChI is InChI=1S/C29H29NO7/c1-17(2)37-21-12-10-20(11-13-21)30-26(18-7-6-8-22(15-18)34-3)25(28(32)29(30)33)27(31)19-9-14-23(35-4)24(16-19)36-5/h6-17,26,31H,1-5H3/b27-25-. The number of nitrogens with zero attached hydrogens (tertiary/aromatic N) is 1. The Balaban J connectivity index is 1.89. The molecule has 0 aromatic heterocycles. The van der Waals surface area contributed by atoms with Gasteiger partial charge in [-0.2, -0.15) is 0 Å². The summed E-state index contributed by atoms with van der Waals surface area (Å²) in [6, 6.07) is 17.8. The first-order valence-electron chi connectivity index (χ1n) is 11.7. The van der Waals surface area contributed by atoms with E-state index in [1.54, 1.807) is 66.7 Å². The lowest BCUT2D eigenvalue weighted by atomic mass is 9.94. The topological polar surface area (TPSA) is 94.5 Å². The average Bonchev–Trinajstić information content (AvgIpc) is 3.18. The zero-order chi connectivity index (χ0) is 26.7. The van der Waals surface area contributed by atoms with E-state index < -0.39 is 17.7 Å². The van der Waals surface area contributed by atoms with Crippen molar-refractivity contribution >= 4 is 23.1 Å².